The first-order valence-corrected chi connectivity index (χ1v) is 10.7. The van der Waals surface area contributed by atoms with Gasteiger partial charge in [0.05, 0.1) is 24.5 Å². The number of benzene rings is 2. The van der Waals surface area contributed by atoms with Crippen molar-refractivity contribution in [2.75, 3.05) is 11.4 Å². The van der Waals surface area contributed by atoms with E-state index in [2.05, 4.69) is 17.4 Å². The summed E-state index contributed by atoms with van der Waals surface area (Å²) in [7, 11) is 0. The topological polar surface area (TPSA) is 58.6 Å². The predicted molar refractivity (Wildman–Crippen MR) is 115 cm³/mol. The number of hydrogen-bond donors (Lipinski definition) is 1. The van der Waals surface area contributed by atoms with Gasteiger partial charge in [-0.25, -0.2) is 0 Å². The Bertz CT molecular complexity index is 974. The second kappa shape index (κ2) is 7.40. The van der Waals surface area contributed by atoms with Crippen LogP contribution in [0.1, 0.15) is 18.9 Å². The Morgan fingerprint density at radius 3 is 2.60 bits per heavy atom. The van der Waals surface area contributed by atoms with Crippen molar-refractivity contribution < 1.29 is 14.3 Å². The van der Waals surface area contributed by atoms with Crippen molar-refractivity contribution in [3.05, 3.63) is 78.4 Å². The van der Waals surface area contributed by atoms with Gasteiger partial charge in [0.2, 0.25) is 11.8 Å². The summed E-state index contributed by atoms with van der Waals surface area (Å²) in [4.78, 5) is 28.3. The molecular weight excluding hydrogens is 376 g/mol. The summed E-state index contributed by atoms with van der Waals surface area (Å²) in [6.45, 7) is 2.48. The molecule has 5 heteroatoms. The lowest BCUT2D eigenvalue weighted by Crippen LogP contribution is -2.46. The zero-order valence-corrected chi connectivity index (χ0v) is 17.0. The van der Waals surface area contributed by atoms with Gasteiger partial charge < -0.3 is 15.0 Å². The molecule has 3 aliphatic rings. The number of carbonyl (C=O) groups excluding carboxylic acids is 2. The van der Waals surface area contributed by atoms with Gasteiger partial charge >= 0.3 is 0 Å². The molecular formula is C25H26N2O3. The van der Waals surface area contributed by atoms with E-state index >= 15 is 0 Å². The minimum atomic E-state index is -0.688. The van der Waals surface area contributed by atoms with Crippen molar-refractivity contribution in [3.8, 4) is 0 Å². The fourth-order valence-electron chi connectivity index (χ4n) is 5.06. The molecule has 0 aliphatic carbocycles. The number of rotatable bonds is 6. The van der Waals surface area contributed by atoms with Crippen LogP contribution in [0.3, 0.4) is 0 Å². The van der Waals surface area contributed by atoms with E-state index in [4.69, 9.17) is 4.74 Å². The van der Waals surface area contributed by atoms with Gasteiger partial charge in [-0.15, -0.1) is 0 Å². The number of ether oxygens (including phenoxy) is 1. The molecule has 1 N–H and O–H groups in total. The van der Waals surface area contributed by atoms with Gasteiger partial charge in [0.25, 0.3) is 0 Å². The molecule has 2 bridgehead atoms. The first-order chi connectivity index (χ1) is 14.6. The lowest BCUT2D eigenvalue weighted by molar-refractivity contribution is -0.132. The number of nitrogens with one attached hydrogen (secondary N) is 1. The first-order valence-electron chi connectivity index (χ1n) is 10.7. The minimum Gasteiger partial charge on any atom is -0.360 e. The fraction of sp³-hybridized carbons (Fsp3) is 0.360. The van der Waals surface area contributed by atoms with Crippen LogP contribution in [-0.4, -0.2) is 36.1 Å². The van der Waals surface area contributed by atoms with Gasteiger partial charge in [0.15, 0.2) is 0 Å². The second-order valence-electron chi connectivity index (χ2n) is 8.59. The summed E-state index contributed by atoms with van der Waals surface area (Å²) in [6.07, 6.45) is 5.38. The third-order valence-corrected chi connectivity index (χ3v) is 6.57. The van der Waals surface area contributed by atoms with Gasteiger partial charge in [-0.1, -0.05) is 60.7 Å². The molecule has 0 saturated carbocycles. The summed E-state index contributed by atoms with van der Waals surface area (Å²) in [6, 6.07) is 19.9. The quantitative estimate of drug-likeness (QED) is 0.756. The fourth-order valence-corrected chi connectivity index (χ4v) is 5.06. The molecule has 3 heterocycles. The maximum Gasteiger partial charge on any atom is 0.234 e. The van der Waals surface area contributed by atoms with E-state index in [0.717, 1.165) is 18.5 Å². The molecule has 3 aliphatic heterocycles. The average molecular weight is 402 g/mol. The minimum absolute atomic E-state index is 0.0230. The average Bonchev–Trinajstić information content (AvgIpc) is 3.42. The SMILES string of the molecule is C[C@H](CCc1ccccc1)NC(=O)[C@H]1[C@H]2C(=O)N(c3ccccc3)C[C@@]23C=C[C@H]1O3. The molecule has 2 fully saturated rings. The van der Waals surface area contributed by atoms with Crippen LogP contribution in [0.25, 0.3) is 0 Å². The third-order valence-electron chi connectivity index (χ3n) is 6.57. The Hall–Kier alpha value is -2.92. The Labute approximate surface area is 176 Å². The van der Waals surface area contributed by atoms with E-state index < -0.39 is 17.4 Å². The number of para-hydroxylation sites is 1. The Morgan fingerprint density at radius 2 is 1.87 bits per heavy atom. The van der Waals surface area contributed by atoms with Gasteiger partial charge in [-0.2, -0.15) is 0 Å². The highest BCUT2D eigenvalue weighted by Gasteiger charge is 2.67. The normalized spacial score (nSPS) is 29.8. The van der Waals surface area contributed by atoms with Crippen molar-refractivity contribution in [1.82, 2.24) is 5.32 Å². The molecule has 2 saturated heterocycles. The van der Waals surface area contributed by atoms with Crippen LogP contribution in [-0.2, 0) is 20.7 Å². The van der Waals surface area contributed by atoms with E-state index in [1.807, 2.05) is 67.6 Å². The molecule has 2 aromatic carbocycles. The summed E-state index contributed by atoms with van der Waals surface area (Å²) in [5.74, 6) is -1.05. The molecule has 30 heavy (non-hydrogen) atoms. The molecule has 0 radical (unpaired) electrons. The number of hydrogen-bond acceptors (Lipinski definition) is 3. The zero-order chi connectivity index (χ0) is 20.7. The highest BCUT2D eigenvalue weighted by molar-refractivity contribution is 6.03. The van der Waals surface area contributed by atoms with Crippen LogP contribution in [0, 0.1) is 11.8 Å². The van der Waals surface area contributed by atoms with Crippen molar-refractivity contribution in [3.63, 3.8) is 0 Å². The standard InChI is InChI=1S/C25H26N2O3/c1-17(12-13-18-8-4-2-5-9-18)26-23(28)21-20-14-15-25(30-20)16-27(24(29)22(21)25)19-10-6-3-7-11-19/h2-11,14-15,17,20-22H,12-13,16H2,1H3,(H,26,28)/t17-,20-,21-,22+,25+/m1/s1. The molecule has 5 nitrogen and oxygen atoms in total. The van der Waals surface area contributed by atoms with E-state index in [1.54, 1.807) is 4.90 Å². The number of nitrogens with zero attached hydrogens (tertiary/aromatic N) is 1. The molecule has 5 rings (SSSR count). The summed E-state index contributed by atoms with van der Waals surface area (Å²) >= 11 is 0. The Morgan fingerprint density at radius 1 is 1.17 bits per heavy atom. The van der Waals surface area contributed by atoms with Crippen LogP contribution in [0.15, 0.2) is 72.8 Å². The van der Waals surface area contributed by atoms with Crippen LogP contribution >= 0.6 is 0 Å². The lowest BCUT2D eigenvalue weighted by atomic mass is 9.76. The number of carbonyl (C=O) groups is 2. The molecule has 2 aromatic rings. The summed E-state index contributed by atoms with van der Waals surface area (Å²) in [5.41, 5.74) is 1.42. The smallest absolute Gasteiger partial charge is 0.234 e. The predicted octanol–water partition coefficient (Wildman–Crippen LogP) is 3.11. The van der Waals surface area contributed by atoms with E-state index in [0.29, 0.717) is 6.54 Å². The van der Waals surface area contributed by atoms with Gasteiger partial charge in [0.1, 0.15) is 5.60 Å². The van der Waals surface area contributed by atoms with Crippen molar-refractivity contribution >= 4 is 17.5 Å². The number of amides is 2. The van der Waals surface area contributed by atoms with Gasteiger partial charge in [-0.3, -0.25) is 9.59 Å². The van der Waals surface area contributed by atoms with E-state index in [-0.39, 0.29) is 24.0 Å². The van der Waals surface area contributed by atoms with Crippen molar-refractivity contribution in [2.24, 2.45) is 11.8 Å². The highest BCUT2D eigenvalue weighted by Crippen LogP contribution is 2.52. The molecule has 0 unspecified atom stereocenters. The third kappa shape index (κ3) is 3.14. The first kappa shape index (κ1) is 19.1. The largest absolute Gasteiger partial charge is 0.360 e. The molecule has 154 valence electrons. The second-order valence-corrected chi connectivity index (χ2v) is 8.59. The molecule has 0 aromatic heterocycles. The summed E-state index contributed by atoms with van der Waals surface area (Å²) in [5, 5.41) is 3.14. The highest BCUT2D eigenvalue weighted by atomic mass is 16.5. The lowest BCUT2D eigenvalue weighted by Gasteiger charge is -2.25. The molecule has 1 spiro atoms. The zero-order valence-electron chi connectivity index (χ0n) is 17.0. The maximum absolute atomic E-state index is 13.3. The molecule has 5 atom stereocenters. The van der Waals surface area contributed by atoms with E-state index in [1.165, 1.54) is 5.56 Å². The maximum atomic E-state index is 13.3. The van der Waals surface area contributed by atoms with E-state index in [9.17, 15) is 9.59 Å². The van der Waals surface area contributed by atoms with Gasteiger partial charge in [0, 0.05) is 11.7 Å². The van der Waals surface area contributed by atoms with Crippen LogP contribution < -0.4 is 10.2 Å². The number of anilines is 1. The Balaban J connectivity index is 1.29. The summed E-state index contributed by atoms with van der Waals surface area (Å²) < 4.78 is 6.22. The number of fused-ring (bicyclic) bond motifs is 1. The van der Waals surface area contributed by atoms with Gasteiger partial charge in [-0.05, 0) is 37.5 Å². The van der Waals surface area contributed by atoms with Crippen LogP contribution in [0.4, 0.5) is 5.69 Å². The Kier molecular flexibility index (Phi) is 4.70. The van der Waals surface area contributed by atoms with Crippen molar-refractivity contribution in [1.29, 1.82) is 0 Å². The molecule has 2 amide bonds. The number of aryl methyl sites for hydroxylation is 1. The monoisotopic (exact) mass is 402 g/mol. The van der Waals surface area contributed by atoms with Crippen LogP contribution in [0.2, 0.25) is 0 Å². The van der Waals surface area contributed by atoms with Crippen LogP contribution in [0.5, 0.6) is 0 Å². The van der Waals surface area contributed by atoms with Crippen molar-refractivity contribution in [2.45, 2.75) is 37.5 Å².